The molecule has 0 spiro atoms. The van der Waals surface area contributed by atoms with Crippen LogP contribution in [-0.2, 0) is 9.53 Å². The average molecular weight is 408 g/mol. The smallest absolute Gasteiger partial charge is 0.327 e. The summed E-state index contributed by atoms with van der Waals surface area (Å²) in [6.45, 7) is 3.76. The molecule has 1 aromatic carbocycles. The first-order valence-corrected chi connectivity index (χ1v) is 8.04. The van der Waals surface area contributed by atoms with Crippen LogP contribution in [0.4, 0.5) is 0 Å². The Kier molecular flexibility index (Phi) is 7.72. The Morgan fingerprint density at radius 2 is 2.05 bits per heavy atom. The molecule has 0 aromatic heterocycles. The van der Waals surface area contributed by atoms with Crippen LogP contribution in [0.2, 0.25) is 0 Å². The summed E-state index contributed by atoms with van der Waals surface area (Å²) < 4.78 is 7.02. The van der Waals surface area contributed by atoms with Gasteiger partial charge in [-0.2, -0.15) is 0 Å². The van der Waals surface area contributed by atoms with Gasteiger partial charge >= 0.3 is 5.97 Å². The van der Waals surface area contributed by atoms with E-state index in [0.29, 0.717) is 13.2 Å². The van der Waals surface area contributed by atoms with Crippen LogP contribution in [0.3, 0.4) is 0 Å². The second-order valence-corrected chi connectivity index (χ2v) is 6.32. The zero-order valence-corrected chi connectivity index (χ0v) is 15.1. The van der Waals surface area contributed by atoms with Crippen molar-refractivity contribution in [2.75, 3.05) is 33.8 Å². The van der Waals surface area contributed by atoms with Gasteiger partial charge in [-0.25, -0.2) is 4.79 Å². The number of ether oxygens (including phenoxy) is 1. The number of nitrogens with one attached hydrogen (secondary N) is 1. The number of hydrogen-bond acceptors (Lipinski definition) is 4. The number of nitrogens with zero attached hydrogens (tertiary/aromatic N) is 1. The number of likely N-dealkylation sites (N-methyl/N-ethyl adjacent to an activating group) is 1. The number of halogens is 2. The lowest BCUT2D eigenvalue weighted by Gasteiger charge is -2.19. The van der Waals surface area contributed by atoms with Gasteiger partial charge in [0.05, 0.1) is 6.61 Å². The summed E-state index contributed by atoms with van der Waals surface area (Å²) in [5.74, 6) is -0.250. The van der Waals surface area contributed by atoms with Crippen LogP contribution in [0, 0.1) is 0 Å². The van der Waals surface area contributed by atoms with E-state index in [1.807, 2.05) is 39.2 Å². The fourth-order valence-corrected chi connectivity index (χ4v) is 2.33. The highest BCUT2D eigenvalue weighted by molar-refractivity contribution is 9.13. The molecule has 0 aliphatic heterocycles. The molecule has 0 radical (unpaired) electrons. The van der Waals surface area contributed by atoms with Gasteiger partial charge in [-0.05, 0) is 70.6 Å². The van der Waals surface area contributed by atoms with Crippen molar-refractivity contribution in [3.05, 3.63) is 32.7 Å². The van der Waals surface area contributed by atoms with E-state index in [0.717, 1.165) is 21.1 Å². The third kappa shape index (κ3) is 5.52. The Balaban J connectivity index is 2.85. The third-order valence-electron chi connectivity index (χ3n) is 2.71. The summed E-state index contributed by atoms with van der Waals surface area (Å²) in [6, 6.07) is 5.31. The van der Waals surface area contributed by atoms with Crippen LogP contribution in [0.25, 0.3) is 0 Å². The summed E-state index contributed by atoms with van der Waals surface area (Å²) >= 11 is 6.89. The Hall–Kier alpha value is -0.430. The van der Waals surface area contributed by atoms with E-state index in [2.05, 4.69) is 42.1 Å². The number of hydrogen-bond donors (Lipinski definition) is 1. The molecular weight excluding hydrogens is 388 g/mol. The molecule has 0 saturated carbocycles. The minimum atomic E-state index is -0.445. The Labute approximate surface area is 137 Å². The van der Waals surface area contributed by atoms with Gasteiger partial charge in [0.15, 0.2) is 0 Å². The minimum absolute atomic E-state index is 0.250. The summed E-state index contributed by atoms with van der Waals surface area (Å²) in [4.78, 5) is 14.2. The number of benzene rings is 1. The lowest BCUT2D eigenvalue weighted by molar-refractivity contribution is -0.145. The fourth-order valence-electron chi connectivity index (χ4n) is 1.69. The molecule has 1 unspecified atom stereocenters. The highest BCUT2D eigenvalue weighted by Crippen LogP contribution is 2.27. The summed E-state index contributed by atoms with van der Waals surface area (Å²) in [5.41, 5.74) is 0.886. The molecule has 6 heteroatoms. The second-order valence-electron chi connectivity index (χ2n) is 4.62. The first-order valence-electron chi connectivity index (χ1n) is 6.45. The first kappa shape index (κ1) is 17.6. The van der Waals surface area contributed by atoms with Gasteiger partial charge in [0.2, 0.25) is 0 Å². The number of carbonyl (C=O) groups excluding carboxylic acids is 1. The number of rotatable bonds is 7. The molecule has 0 aliphatic rings. The first-order chi connectivity index (χ1) is 9.45. The Morgan fingerprint density at radius 1 is 1.35 bits per heavy atom. The van der Waals surface area contributed by atoms with E-state index in [1.54, 1.807) is 0 Å². The molecule has 4 nitrogen and oxygen atoms in total. The second kappa shape index (κ2) is 8.77. The third-order valence-corrected chi connectivity index (χ3v) is 4.59. The lowest BCUT2D eigenvalue weighted by Crippen LogP contribution is -2.35. The molecule has 112 valence electrons. The van der Waals surface area contributed by atoms with E-state index in [4.69, 9.17) is 4.74 Å². The lowest BCUT2D eigenvalue weighted by atomic mass is 10.1. The van der Waals surface area contributed by atoms with Gasteiger partial charge in [0, 0.05) is 22.0 Å². The van der Waals surface area contributed by atoms with Crippen molar-refractivity contribution in [1.29, 1.82) is 0 Å². The summed E-state index contributed by atoms with van der Waals surface area (Å²) in [7, 11) is 3.99. The molecule has 0 amide bonds. The monoisotopic (exact) mass is 406 g/mol. The summed E-state index contributed by atoms with van der Waals surface area (Å²) in [6.07, 6.45) is 0. The van der Waals surface area contributed by atoms with Crippen molar-refractivity contribution in [1.82, 2.24) is 10.2 Å². The van der Waals surface area contributed by atoms with Crippen molar-refractivity contribution in [2.24, 2.45) is 0 Å². The largest absolute Gasteiger partial charge is 0.465 e. The molecule has 20 heavy (non-hydrogen) atoms. The predicted octanol–water partition coefficient (Wildman–Crippen LogP) is 2.97. The summed E-state index contributed by atoms with van der Waals surface area (Å²) in [5, 5.41) is 3.25. The van der Waals surface area contributed by atoms with Gasteiger partial charge in [-0.15, -0.1) is 0 Å². The van der Waals surface area contributed by atoms with Crippen molar-refractivity contribution in [3.63, 3.8) is 0 Å². The van der Waals surface area contributed by atoms with Crippen molar-refractivity contribution in [3.8, 4) is 0 Å². The standard InChI is InChI=1S/C14H20Br2N2O2/c1-4-20-14(19)13(17-7-8-18(2)3)10-5-6-11(15)12(16)9-10/h5-6,9,13,17H,4,7-8H2,1-3H3. The van der Waals surface area contributed by atoms with Gasteiger partial charge < -0.3 is 9.64 Å². The zero-order valence-electron chi connectivity index (χ0n) is 12.0. The molecule has 1 rings (SSSR count). The van der Waals surface area contributed by atoms with E-state index in [9.17, 15) is 4.79 Å². The molecule has 0 saturated heterocycles. The van der Waals surface area contributed by atoms with Crippen molar-refractivity contribution < 1.29 is 9.53 Å². The fraction of sp³-hybridized carbons (Fsp3) is 0.500. The Morgan fingerprint density at radius 3 is 2.60 bits per heavy atom. The van der Waals surface area contributed by atoms with E-state index < -0.39 is 6.04 Å². The van der Waals surface area contributed by atoms with E-state index >= 15 is 0 Å². The molecule has 1 atom stereocenters. The SMILES string of the molecule is CCOC(=O)C(NCCN(C)C)c1ccc(Br)c(Br)c1. The van der Waals surface area contributed by atoms with Crippen molar-refractivity contribution >= 4 is 37.8 Å². The highest BCUT2D eigenvalue weighted by Gasteiger charge is 2.21. The van der Waals surface area contributed by atoms with Gasteiger partial charge in [-0.3, -0.25) is 5.32 Å². The van der Waals surface area contributed by atoms with Gasteiger partial charge in [-0.1, -0.05) is 6.07 Å². The highest BCUT2D eigenvalue weighted by atomic mass is 79.9. The van der Waals surface area contributed by atoms with Gasteiger partial charge in [0.1, 0.15) is 6.04 Å². The van der Waals surface area contributed by atoms with Crippen LogP contribution >= 0.6 is 31.9 Å². The molecule has 0 aliphatic carbocycles. The maximum Gasteiger partial charge on any atom is 0.327 e. The Bertz CT molecular complexity index is 453. The molecule has 0 fully saturated rings. The number of esters is 1. The molecule has 1 aromatic rings. The van der Waals surface area contributed by atoms with Crippen LogP contribution in [0.15, 0.2) is 27.1 Å². The van der Waals surface area contributed by atoms with Crippen LogP contribution < -0.4 is 5.32 Å². The topological polar surface area (TPSA) is 41.6 Å². The van der Waals surface area contributed by atoms with Gasteiger partial charge in [0.25, 0.3) is 0 Å². The van der Waals surface area contributed by atoms with Crippen LogP contribution in [0.1, 0.15) is 18.5 Å². The molecule has 0 heterocycles. The quantitative estimate of drug-likeness (QED) is 0.705. The van der Waals surface area contributed by atoms with Crippen molar-refractivity contribution in [2.45, 2.75) is 13.0 Å². The van der Waals surface area contributed by atoms with E-state index in [-0.39, 0.29) is 5.97 Å². The molecule has 0 bridgehead atoms. The molecular formula is C14H20Br2N2O2. The maximum absolute atomic E-state index is 12.1. The van der Waals surface area contributed by atoms with Crippen LogP contribution in [0.5, 0.6) is 0 Å². The minimum Gasteiger partial charge on any atom is -0.465 e. The predicted molar refractivity (Wildman–Crippen MR) is 87.8 cm³/mol. The molecule has 1 N–H and O–H groups in total. The number of carbonyl (C=O) groups is 1. The van der Waals surface area contributed by atoms with E-state index in [1.165, 1.54) is 0 Å². The van der Waals surface area contributed by atoms with Crippen LogP contribution in [-0.4, -0.2) is 44.7 Å². The maximum atomic E-state index is 12.1. The normalized spacial score (nSPS) is 12.5. The average Bonchev–Trinajstić information content (AvgIpc) is 2.38. The zero-order chi connectivity index (χ0) is 15.1.